The summed E-state index contributed by atoms with van der Waals surface area (Å²) in [4.78, 5) is 16.9. The minimum Gasteiger partial charge on any atom is -0.392 e. The monoisotopic (exact) mass is 276 g/mol. The molecule has 0 bridgehead atoms. The van der Waals surface area contributed by atoms with Crippen LogP contribution in [0.25, 0.3) is 10.8 Å². The van der Waals surface area contributed by atoms with Gasteiger partial charge in [-0.15, -0.1) is 0 Å². The number of likely N-dealkylation sites (tertiary alicyclic amines) is 1. The molecule has 1 fully saturated rings. The van der Waals surface area contributed by atoms with E-state index in [-0.39, 0.29) is 17.5 Å². The van der Waals surface area contributed by atoms with Crippen molar-refractivity contribution < 1.29 is 9.50 Å². The highest BCUT2D eigenvalue weighted by atomic mass is 19.1. The number of nitrogens with zero attached hydrogens (tertiary/aromatic N) is 1. The molecule has 1 aliphatic heterocycles. The average molecular weight is 276 g/mol. The van der Waals surface area contributed by atoms with E-state index < -0.39 is 0 Å². The van der Waals surface area contributed by atoms with Crippen molar-refractivity contribution in [2.45, 2.75) is 18.9 Å². The van der Waals surface area contributed by atoms with Crippen molar-refractivity contribution in [1.29, 1.82) is 0 Å². The van der Waals surface area contributed by atoms with E-state index in [0.29, 0.717) is 23.7 Å². The second-order valence-electron chi connectivity index (χ2n) is 5.32. The molecule has 0 aliphatic carbocycles. The maximum atomic E-state index is 13.7. The first-order valence-corrected chi connectivity index (χ1v) is 6.84. The fourth-order valence-corrected chi connectivity index (χ4v) is 2.73. The first kappa shape index (κ1) is 13.3. The number of pyridine rings is 1. The zero-order valence-corrected chi connectivity index (χ0v) is 11.1. The van der Waals surface area contributed by atoms with E-state index in [4.69, 9.17) is 0 Å². The summed E-state index contributed by atoms with van der Waals surface area (Å²) in [5, 5.41) is 10.2. The number of aromatic amines is 1. The third-order valence-corrected chi connectivity index (χ3v) is 3.84. The highest BCUT2D eigenvalue weighted by molar-refractivity contribution is 5.82. The number of aliphatic hydroxyl groups is 1. The lowest BCUT2D eigenvalue weighted by atomic mass is 10.1. The molecule has 1 aliphatic rings. The van der Waals surface area contributed by atoms with Gasteiger partial charge in [0.05, 0.1) is 6.10 Å². The van der Waals surface area contributed by atoms with Gasteiger partial charge >= 0.3 is 0 Å². The molecule has 20 heavy (non-hydrogen) atoms. The fraction of sp³-hybridized carbons (Fsp3) is 0.400. The summed E-state index contributed by atoms with van der Waals surface area (Å²) in [5.74, 6) is -0.369. The summed E-state index contributed by atoms with van der Waals surface area (Å²) in [6, 6.07) is 6.23. The molecule has 4 nitrogen and oxygen atoms in total. The Labute approximate surface area is 115 Å². The molecule has 2 heterocycles. The quantitative estimate of drug-likeness (QED) is 0.888. The van der Waals surface area contributed by atoms with Crippen LogP contribution in [0.1, 0.15) is 12.1 Å². The number of rotatable bonds is 3. The fourth-order valence-electron chi connectivity index (χ4n) is 2.73. The van der Waals surface area contributed by atoms with Gasteiger partial charge in [0.25, 0.3) is 5.56 Å². The molecule has 1 aromatic carbocycles. The predicted octanol–water partition coefficient (Wildman–Crippen LogP) is 1.28. The van der Waals surface area contributed by atoms with E-state index in [1.807, 2.05) is 0 Å². The smallest absolute Gasteiger partial charge is 0.256 e. The molecular weight excluding hydrogens is 259 g/mol. The van der Waals surface area contributed by atoms with Crippen molar-refractivity contribution in [3.8, 4) is 0 Å². The zero-order chi connectivity index (χ0) is 14.1. The molecule has 0 saturated carbocycles. The van der Waals surface area contributed by atoms with Crippen LogP contribution in [0.15, 0.2) is 29.1 Å². The van der Waals surface area contributed by atoms with Gasteiger partial charge in [-0.05, 0) is 24.6 Å². The number of halogens is 1. The number of nitrogens with one attached hydrogen (secondary N) is 1. The summed E-state index contributed by atoms with van der Waals surface area (Å²) >= 11 is 0. The maximum Gasteiger partial charge on any atom is 0.256 e. The van der Waals surface area contributed by atoms with Crippen molar-refractivity contribution in [3.05, 3.63) is 46.1 Å². The summed E-state index contributed by atoms with van der Waals surface area (Å²) in [6.45, 7) is 2.30. The Balaban J connectivity index is 1.82. The van der Waals surface area contributed by atoms with Gasteiger partial charge in [0.15, 0.2) is 0 Å². The lowest BCUT2D eigenvalue weighted by molar-refractivity contribution is 0.176. The lowest BCUT2D eigenvalue weighted by Gasteiger charge is -2.14. The van der Waals surface area contributed by atoms with Gasteiger partial charge < -0.3 is 15.0 Å². The van der Waals surface area contributed by atoms with Crippen molar-refractivity contribution in [3.63, 3.8) is 0 Å². The van der Waals surface area contributed by atoms with Crippen LogP contribution in [0.3, 0.4) is 0 Å². The second-order valence-corrected chi connectivity index (χ2v) is 5.32. The second kappa shape index (κ2) is 5.34. The third kappa shape index (κ3) is 2.59. The summed E-state index contributed by atoms with van der Waals surface area (Å²) < 4.78 is 13.7. The molecule has 0 amide bonds. The Morgan fingerprint density at radius 3 is 3.00 bits per heavy atom. The van der Waals surface area contributed by atoms with Crippen LogP contribution in [0.2, 0.25) is 0 Å². The molecule has 0 unspecified atom stereocenters. The maximum absolute atomic E-state index is 13.7. The van der Waals surface area contributed by atoms with Crippen LogP contribution < -0.4 is 5.56 Å². The Bertz CT molecular complexity index is 683. The van der Waals surface area contributed by atoms with Gasteiger partial charge in [0, 0.05) is 42.5 Å². The van der Waals surface area contributed by atoms with Crippen molar-refractivity contribution in [2.24, 2.45) is 0 Å². The van der Waals surface area contributed by atoms with Crippen LogP contribution in [-0.4, -0.2) is 40.7 Å². The highest BCUT2D eigenvalue weighted by Crippen LogP contribution is 2.16. The third-order valence-electron chi connectivity index (χ3n) is 3.84. The van der Waals surface area contributed by atoms with E-state index in [9.17, 15) is 14.3 Å². The number of β-amino-alcohol motifs (C(OH)–C–C–N with tert-alkyl or cyclic N) is 1. The van der Waals surface area contributed by atoms with Crippen LogP contribution in [0.4, 0.5) is 4.39 Å². The topological polar surface area (TPSA) is 56.3 Å². The first-order valence-electron chi connectivity index (χ1n) is 6.84. The molecule has 106 valence electrons. The first-order chi connectivity index (χ1) is 9.63. The van der Waals surface area contributed by atoms with Gasteiger partial charge in [0.2, 0.25) is 0 Å². The summed E-state index contributed by atoms with van der Waals surface area (Å²) in [5.41, 5.74) is 0.479. The SMILES string of the molecule is O=c1[nH]c(CCN2CC[C@@H](O)C2)cc2c(F)cccc12. The van der Waals surface area contributed by atoms with Gasteiger partial charge in [0.1, 0.15) is 5.82 Å². The Kier molecular flexibility index (Phi) is 3.54. The number of H-pyrrole nitrogens is 1. The predicted molar refractivity (Wildman–Crippen MR) is 75.3 cm³/mol. The van der Waals surface area contributed by atoms with E-state index in [1.165, 1.54) is 12.1 Å². The van der Waals surface area contributed by atoms with Gasteiger partial charge in [-0.1, -0.05) is 6.07 Å². The molecule has 2 N–H and O–H groups in total. The highest BCUT2D eigenvalue weighted by Gasteiger charge is 2.19. The number of hydrogen-bond donors (Lipinski definition) is 2. The minimum atomic E-state index is -0.369. The Morgan fingerprint density at radius 1 is 1.40 bits per heavy atom. The van der Waals surface area contributed by atoms with E-state index in [2.05, 4.69) is 9.88 Å². The number of aromatic nitrogens is 1. The number of aliphatic hydroxyl groups excluding tert-OH is 1. The van der Waals surface area contributed by atoms with Crippen molar-refractivity contribution >= 4 is 10.8 Å². The summed E-state index contributed by atoms with van der Waals surface area (Å²) in [7, 11) is 0. The molecular formula is C15H17FN2O2. The molecule has 1 aromatic heterocycles. The molecule has 1 saturated heterocycles. The molecule has 5 heteroatoms. The molecule has 2 aromatic rings. The minimum absolute atomic E-state index is 0.247. The summed E-state index contributed by atoms with van der Waals surface area (Å²) in [6.07, 6.45) is 1.19. The van der Waals surface area contributed by atoms with Crippen molar-refractivity contribution in [1.82, 2.24) is 9.88 Å². The van der Waals surface area contributed by atoms with Crippen LogP contribution in [-0.2, 0) is 6.42 Å². The number of hydrogen-bond acceptors (Lipinski definition) is 3. The van der Waals surface area contributed by atoms with Crippen LogP contribution in [0.5, 0.6) is 0 Å². The Morgan fingerprint density at radius 2 is 2.25 bits per heavy atom. The van der Waals surface area contributed by atoms with E-state index in [0.717, 1.165) is 25.2 Å². The Hall–Kier alpha value is -1.72. The van der Waals surface area contributed by atoms with E-state index >= 15 is 0 Å². The standard InChI is InChI=1S/C15H17FN2O2/c16-14-3-1-2-12-13(14)8-10(17-15(12)20)4-6-18-7-5-11(19)9-18/h1-3,8,11,19H,4-7,9H2,(H,17,20)/t11-/m1/s1. The lowest BCUT2D eigenvalue weighted by Crippen LogP contribution is -2.25. The molecule has 0 radical (unpaired) electrons. The zero-order valence-electron chi connectivity index (χ0n) is 11.1. The van der Waals surface area contributed by atoms with Gasteiger partial charge in [-0.3, -0.25) is 4.79 Å². The van der Waals surface area contributed by atoms with E-state index in [1.54, 1.807) is 12.1 Å². The average Bonchev–Trinajstić information content (AvgIpc) is 2.84. The van der Waals surface area contributed by atoms with Crippen LogP contribution >= 0.6 is 0 Å². The number of benzene rings is 1. The van der Waals surface area contributed by atoms with Gasteiger partial charge in [-0.2, -0.15) is 0 Å². The molecule has 1 atom stereocenters. The normalized spacial score (nSPS) is 19.8. The van der Waals surface area contributed by atoms with Crippen molar-refractivity contribution in [2.75, 3.05) is 19.6 Å². The molecule has 3 rings (SSSR count). The molecule has 0 spiro atoms. The largest absolute Gasteiger partial charge is 0.392 e. The number of fused-ring (bicyclic) bond motifs is 1. The van der Waals surface area contributed by atoms with Crippen LogP contribution in [0, 0.1) is 5.82 Å². The van der Waals surface area contributed by atoms with Gasteiger partial charge in [-0.25, -0.2) is 4.39 Å².